The fraction of sp³-hybridized carbons (Fsp3) is 0.750. The number of hydrogen-bond donors (Lipinski definition) is 0. The molecule has 0 radical (unpaired) electrons. The van der Waals surface area contributed by atoms with E-state index in [1.807, 2.05) is 0 Å². The fourth-order valence-electron chi connectivity index (χ4n) is 2.05. The van der Waals surface area contributed by atoms with Crippen molar-refractivity contribution in [3.05, 3.63) is 10.4 Å². The summed E-state index contributed by atoms with van der Waals surface area (Å²) < 4.78 is 33.7. The second-order valence-corrected chi connectivity index (χ2v) is 4.67. The molecule has 0 aromatic heterocycles. The van der Waals surface area contributed by atoms with E-state index < -0.39 is 55.2 Å². The molecule has 1 aliphatic rings. The molecule has 1 heterocycles. The van der Waals surface area contributed by atoms with Crippen LogP contribution in [0.2, 0.25) is 0 Å². The third-order valence-corrected chi connectivity index (χ3v) is 2.84. The smallest absolute Gasteiger partial charge is 0.303 e. The van der Waals surface area contributed by atoms with Gasteiger partial charge in [-0.1, -0.05) is 5.11 Å². The predicted octanol–water partition coefficient (Wildman–Crippen LogP) is 0.786. The van der Waals surface area contributed by atoms with E-state index in [4.69, 9.17) is 24.5 Å². The Morgan fingerprint density at radius 3 is 2.17 bits per heavy atom. The first-order valence-electron chi connectivity index (χ1n) is 6.57. The predicted molar refractivity (Wildman–Crippen MR) is 70.4 cm³/mol. The lowest BCUT2D eigenvalue weighted by atomic mass is 9.97. The topological polar surface area (TPSA) is 137 Å². The summed E-state index contributed by atoms with van der Waals surface area (Å²) >= 11 is 0. The fourth-order valence-corrected chi connectivity index (χ4v) is 2.05. The molecule has 0 amide bonds. The van der Waals surface area contributed by atoms with Crippen molar-refractivity contribution in [1.29, 1.82) is 0 Å². The molecular formula is C12H16FN3O7. The van der Waals surface area contributed by atoms with Crippen LogP contribution in [0.1, 0.15) is 20.8 Å². The van der Waals surface area contributed by atoms with Crippen LogP contribution in [-0.2, 0) is 33.3 Å². The van der Waals surface area contributed by atoms with Gasteiger partial charge >= 0.3 is 17.9 Å². The van der Waals surface area contributed by atoms with E-state index in [0.717, 1.165) is 20.8 Å². The summed E-state index contributed by atoms with van der Waals surface area (Å²) in [5.41, 5.74) is 8.52. The lowest BCUT2D eigenvalue weighted by Gasteiger charge is -2.40. The van der Waals surface area contributed by atoms with Crippen LogP contribution in [0.3, 0.4) is 0 Å². The number of esters is 3. The van der Waals surface area contributed by atoms with Gasteiger partial charge in [-0.2, -0.15) is 0 Å². The Bertz CT molecular complexity index is 523. The number of halogens is 1. The minimum Gasteiger partial charge on any atom is -0.463 e. The van der Waals surface area contributed by atoms with E-state index in [-0.39, 0.29) is 0 Å². The number of carbonyl (C=O) groups is 3. The molecule has 128 valence electrons. The lowest BCUT2D eigenvalue weighted by molar-refractivity contribution is -0.241. The summed E-state index contributed by atoms with van der Waals surface area (Å²) in [6.45, 7) is 2.83. The van der Waals surface area contributed by atoms with Gasteiger partial charge in [0.15, 0.2) is 12.2 Å². The van der Waals surface area contributed by atoms with Crippen molar-refractivity contribution in [3.8, 4) is 0 Å². The number of nitrogens with zero attached hydrogens (tertiary/aromatic N) is 3. The van der Waals surface area contributed by atoms with Crippen LogP contribution in [0.15, 0.2) is 5.11 Å². The second kappa shape index (κ2) is 8.30. The molecule has 1 aliphatic heterocycles. The first-order valence-corrected chi connectivity index (χ1v) is 6.57. The number of rotatable bonds is 5. The van der Waals surface area contributed by atoms with Crippen LogP contribution in [0.25, 0.3) is 10.4 Å². The van der Waals surface area contributed by atoms with Crippen molar-refractivity contribution in [3.63, 3.8) is 0 Å². The molecule has 0 aromatic rings. The first-order chi connectivity index (χ1) is 10.8. The van der Waals surface area contributed by atoms with Gasteiger partial charge in [0.1, 0.15) is 18.8 Å². The summed E-state index contributed by atoms with van der Waals surface area (Å²) in [5, 5.41) is 3.19. The number of alkyl halides is 1. The minimum atomic E-state index is -2.14. The highest BCUT2D eigenvalue weighted by Gasteiger charge is 2.50. The lowest BCUT2D eigenvalue weighted by Crippen LogP contribution is -2.59. The Balaban J connectivity index is 3.11. The highest BCUT2D eigenvalue weighted by molar-refractivity contribution is 5.67. The van der Waals surface area contributed by atoms with Gasteiger partial charge in [0.25, 0.3) is 0 Å². The van der Waals surface area contributed by atoms with E-state index >= 15 is 0 Å². The van der Waals surface area contributed by atoms with Crippen LogP contribution < -0.4 is 0 Å². The molecule has 23 heavy (non-hydrogen) atoms. The van der Waals surface area contributed by atoms with Gasteiger partial charge in [-0.15, -0.1) is 0 Å². The number of carbonyl (C=O) groups excluding carboxylic acids is 3. The monoisotopic (exact) mass is 333 g/mol. The molecule has 0 bridgehead atoms. The number of ether oxygens (including phenoxy) is 4. The second-order valence-electron chi connectivity index (χ2n) is 4.67. The zero-order chi connectivity index (χ0) is 17.6. The average Bonchev–Trinajstić information content (AvgIpc) is 2.42. The van der Waals surface area contributed by atoms with Crippen LogP contribution in [-0.4, -0.2) is 55.2 Å². The zero-order valence-electron chi connectivity index (χ0n) is 12.7. The van der Waals surface area contributed by atoms with Crippen molar-refractivity contribution >= 4 is 17.9 Å². The largest absolute Gasteiger partial charge is 0.463 e. The van der Waals surface area contributed by atoms with Crippen LogP contribution in [0, 0.1) is 0 Å². The van der Waals surface area contributed by atoms with Crippen LogP contribution in [0.4, 0.5) is 4.39 Å². The average molecular weight is 333 g/mol. The van der Waals surface area contributed by atoms with Gasteiger partial charge in [0.05, 0.1) is 0 Å². The minimum absolute atomic E-state index is 0.436. The van der Waals surface area contributed by atoms with E-state index in [0.29, 0.717) is 0 Å². The molecule has 0 N–H and O–H groups in total. The van der Waals surface area contributed by atoms with Gasteiger partial charge < -0.3 is 18.9 Å². The Hall–Kier alpha value is -2.39. The third kappa shape index (κ3) is 5.38. The Morgan fingerprint density at radius 1 is 1.13 bits per heavy atom. The Morgan fingerprint density at radius 2 is 1.70 bits per heavy atom. The summed E-state index contributed by atoms with van der Waals surface area (Å²) in [6.07, 6.45) is -6.09. The summed E-state index contributed by atoms with van der Waals surface area (Å²) in [4.78, 5) is 35.8. The number of hydrogen-bond acceptors (Lipinski definition) is 8. The zero-order valence-corrected chi connectivity index (χ0v) is 12.7. The van der Waals surface area contributed by atoms with Gasteiger partial charge in [-0.3, -0.25) is 14.4 Å². The molecular weight excluding hydrogens is 317 g/mol. The van der Waals surface area contributed by atoms with Gasteiger partial charge in [-0.05, 0) is 5.53 Å². The maximum Gasteiger partial charge on any atom is 0.303 e. The van der Waals surface area contributed by atoms with Crippen molar-refractivity contribution in [2.24, 2.45) is 5.11 Å². The molecule has 1 rings (SSSR count). The van der Waals surface area contributed by atoms with Gasteiger partial charge in [0.2, 0.25) is 6.36 Å². The summed E-state index contributed by atoms with van der Waals surface area (Å²) in [7, 11) is 0. The molecule has 11 heteroatoms. The molecule has 0 spiro atoms. The Labute approximate surface area is 130 Å². The molecule has 0 aromatic carbocycles. The van der Waals surface area contributed by atoms with E-state index in [1.54, 1.807) is 0 Å². The highest BCUT2D eigenvalue weighted by Crippen LogP contribution is 2.29. The van der Waals surface area contributed by atoms with Crippen molar-refractivity contribution in [2.45, 2.75) is 51.5 Å². The quantitative estimate of drug-likeness (QED) is 0.238. The standard InChI is InChI=1S/C12H16FN3O7/c1-5(17)20-4-8-10(21-6(2)18)11(22-7(3)19)9(15-16-14)12(13)23-8/h8-12H,4H2,1-3H3/t8-,9-,10+,11-,12-/m1/s1. The Kier molecular flexibility index (Phi) is 6.73. The number of azide groups is 1. The van der Waals surface area contributed by atoms with Crippen LogP contribution in [0.5, 0.6) is 0 Å². The first kappa shape index (κ1) is 18.7. The maximum absolute atomic E-state index is 14.1. The molecule has 1 saturated heterocycles. The van der Waals surface area contributed by atoms with Gasteiger partial charge in [0, 0.05) is 25.7 Å². The summed E-state index contributed by atoms with van der Waals surface area (Å²) in [6, 6.07) is -1.55. The van der Waals surface area contributed by atoms with Crippen molar-refractivity contribution in [1.82, 2.24) is 0 Å². The molecule has 0 saturated carbocycles. The SMILES string of the molecule is CC(=O)OC[C@H]1O[C@@H](F)[C@H](N=[N+]=[N-])[C@@H](OC(C)=O)[C@H]1OC(C)=O. The third-order valence-electron chi connectivity index (χ3n) is 2.84. The van der Waals surface area contributed by atoms with Crippen molar-refractivity contribution in [2.75, 3.05) is 6.61 Å². The maximum atomic E-state index is 14.1. The molecule has 0 unspecified atom stereocenters. The normalized spacial score (nSPS) is 29.8. The molecule has 10 nitrogen and oxygen atoms in total. The van der Waals surface area contributed by atoms with Crippen molar-refractivity contribution < 1.29 is 37.7 Å². The van der Waals surface area contributed by atoms with E-state index in [1.165, 1.54) is 0 Å². The molecule has 1 fully saturated rings. The van der Waals surface area contributed by atoms with E-state index in [2.05, 4.69) is 10.0 Å². The van der Waals surface area contributed by atoms with Crippen LogP contribution >= 0.6 is 0 Å². The van der Waals surface area contributed by atoms with E-state index in [9.17, 15) is 18.8 Å². The molecule has 5 atom stereocenters. The summed E-state index contributed by atoms with van der Waals surface area (Å²) in [5.74, 6) is -2.22. The highest BCUT2D eigenvalue weighted by atomic mass is 19.1. The molecule has 0 aliphatic carbocycles. The van der Waals surface area contributed by atoms with Gasteiger partial charge in [-0.25, -0.2) is 4.39 Å².